The zero-order chi connectivity index (χ0) is 29.4. The summed E-state index contributed by atoms with van der Waals surface area (Å²) in [5, 5.41) is 9.29. The summed E-state index contributed by atoms with van der Waals surface area (Å²) in [5.41, 5.74) is 4.45. The zero-order valence-electron chi connectivity index (χ0n) is 23.8. The fourth-order valence-corrected chi connectivity index (χ4v) is 5.52. The topological polar surface area (TPSA) is 74.3 Å². The van der Waals surface area contributed by atoms with Crippen LogP contribution in [0.5, 0.6) is 5.75 Å². The van der Waals surface area contributed by atoms with Gasteiger partial charge in [-0.05, 0) is 53.8 Å². The molecule has 3 heterocycles. The molecule has 0 radical (unpaired) electrons. The molecule has 6 rings (SSSR count). The molecular weight excluding hydrogens is 549 g/mol. The molecular formula is C33H30FN5O2S. The fraction of sp³-hybridized carbons (Fsp3) is 0.212. The highest BCUT2D eigenvalue weighted by molar-refractivity contribution is 7.15. The van der Waals surface area contributed by atoms with Gasteiger partial charge in [-0.1, -0.05) is 81.5 Å². The second-order valence-electron chi connectivity index (χ2n) is 11.1. The van der Waals surface area contributed by atoms with Crippen LogP contribution in [-0.4, -0.2) is 31.0 Å². The van der Waals surface area contributed by atoms with Crippen LogP contribution in [0.25, 0.3) is 39.4 Å². The number of hydrogen-bond donors (Lipinski definition) is 0. The molecule has 0 aliphatic rings. The van der Waals surface area contributed by atoms with Crippen molar-refractivity contribution in [1.29, 1.82) is 0 Å². The Morgan fingerprint density at radius 2 is 1.71 bits per heavy atom. The number of thiazole rings is 1. The molecule has 0 saturated heterocycles. The van der Waals surface area contributed by atoms with Crippen molar-refractivity contribution in [2.45, 2.75) is 39.5 Å². The van der Waals surface area contributed by atoms with Crippen LogP contribution >= 0.6 is 11.3 Å². The lowest BCUT2D eigenvalue weighted by Gasteiger charge is -2.18. The van der Waals surface area contributed by atoms with E-state index in [2.05, 4.69) is 43.0 Å². The lowest BCUT2D eigenvalue weighted by molar-refractivity contribution is 0.301. The van der Waals surface area contributed by atoms with E-state index in [4.69, 9.17) is 9.84 Å². The van der Waals surface area contributed by atoms with Gasteiger partial charge in [-0.2, -0.15) is 14.6 Å². The molecule has 7 nitrogen and oxygen atoms in total. The van der Waals surface area contributed by atoms with Crippen LogP contribution in [0.4, 0.5) is 4.39 Å². The Balaban J connectivity index is 1.41. The van der Waals surface area contributed by atoms with Gasteiger partial charge in [0, 0.05) is 22.9 Å². The minimum Gasteiger partial charge on any atom is -0.491 e. The van der Waals surface area contributed by atoms with Crippen LogP contribution in [-0.2, 0) is 5.41 Å². The molecule has 3 aromatic heterocycles. The standard InChI is InChI=1S/C33H30FN5O2S/c1-5-17-41-27-16-13-22(18-26(27)34)29-23(20-38(36-29)25-9-7-6-8-10-25)19-28-31(40)39-32(42-28)35-30(37-39)21-11-14-24(15-12-21)33(2,3)4/h6-16,18-20H,5,17H2,1-4H3/b28-19-. The van der Waals surface area contributed by atoms with Gasteiger partial charge in [0.25, 0.3) is 5.56 Å². The maximum atomic E-state index is 14.9. The second kappa shape index (κ2) is 11.0. The summed E-state index contributed by atoms with van der Waals surface area (Å²) in [6, 6.07) is 22.5. The van der Waals surface area contributed by atoms with E-state index < -0.39 is 5.82 Å². The Morgan fingerprint density at radius 1 is 0.976 bits per heavy atom. The van der Waals surface area contributed by atoms with Gasteiger partial charge in [-0.15, -0.1) is 5.10 Å². The first-order chi connectivity index (χ1) is 20.2. The van der Waals surface area contributed by atoms with Crippen molar-refractivity contribution in [3.8, 4) is 34.1 Å². The molecule has 6 aromatic rings. The third-order valence-corrected chi connectivity index (χ3v) is 7.87. The third kappa shape index (κ3) is 5.35. The van der Waals surface area contributed by atoms with Gasteiger partial charge in [0.15, 0.2) is 17.4 Å². The molecule has 0 bridgehead atoms. The number of ether oxygens (including phenoxy) is 1. The molecule has 0 aliphatic heterocycles. The number of rotatable bonds is 7. The molecule has 0 N–H and O–H groups in total. The predicted octanol–water partition coefficient (Wildman–Crippen LogP) is 6.44. The molecule has 0 fully saturated rings. The summed E-state index contributed by atoms with van der Waals surface area (Å²) >= 11 is 1.26. The molecule has 0 spiro atoms. The van der Waals surface area contributed by atoms with Crippen LogP contribution < -0.4 is 14.8 Å². The summed E-state index contributed by atoms with van der Waals surface area (Å²) in [6.45, 7) is 8.89. The van der Waals surface area contributed by atoms with E-state index in [-0.39, 0.29) is 16.7 Å². The number of para-hydroxylation sites is 1. The quantitative estimate of drug-likeness (QED) is 0.218. The molecule has 9 heteroatoms. The van der Waals surface area contributed by atoms with E-state index in [0.29, 0.717) is 38.7 Å². The van der Waals surface area contributed by atoms with E-state index in [1.165, 1.54) is 27.5 Å². The number of nitrogens with zero attached hydrogens (tertiary/aromatic N) is 5. The van der Waals surface area contributed by atoms with Crippen molar-refractivity contribution in [3.05, 3.63) is 111 Å². The Kier molecular flexibility index (Phi) is 7.20. The average Bonchev–Trinajstić information content (AvgIpc) is 3.67. The average molecular weight is 580 g/mol. The van der Waals surface area contributed by atoms with E-state index in [0.717, 1.165) is 17.7 Å². The monoisotopic (exact) mass is 579 g/mol. The summed E-state index contributed by atoms with van der Waals surface area (Å²) in [4.78, 5) is 18.6. The van der Waals surface area contributed by atoms with E-state index in [1.807, 2.05) is 55.6 Å². The number of hydrogen-bond acceptors (Lipinski definition) is 6. The third-order valence-electron chi connectivity index (χ3n) is 6.91. The van der Waals surface area contributed by atoms with Crippen molar-refractivity contribution in [2.24, 2.45) is 0 Å². The van der Waals surface area contributed by atoms with Gasteiger partial charge in [0.05, 0.1) is 16.8 Å². The van der Waals surface area contributed by atoms with Crippen molar-refractivity contribution in [2.75, 3.05) is 6.61 Å². The molecule has 0 amide bonds. The van der Waals surface area contributed by atoms with Crippen LogP contribution in [0.1, 0.15) is 45.2 Å². The molecule has 42 heavy (non-hydrogen) atoms. The maximum absolute atomic E-state index is 14.9. The van der Waals surface area contributed by atoms with Gasteiger partial charge in [0.1, 0.15) is 5.69 Å². The first-order valence-electron chi connectivity index (χ1n) is 13.8. The summed E-state index contributed by atoms with van der Waals surface area (Å²) in [7, 11) is 0. The summed E-state index contributed by atoms with van der Waals surface area (Å²) < 4.78 is 24.0. The molecule has 3 aromatic carbocycles. The van der Waals surface area contributed by atoms with Gasteiger partial charge in [-0.3, -0.25) is 4.79 Å². The second-order valence-corrected chi connectivity index (χ2v) is 12.1. The van der Waals surface area contributed by atoms with Crippen molar-refractivity contribution >= 4 is 22.4 Å². The highest BCUT2D eigenvalue weighted by Gasteiger charge is 2.18. The smallest absolute Gasteiger partial charge is 0.291 e. The molecule has 0 aliphatic carbocycles. The van der Waals surface area contributed by atoms with Crippen molar-refractivity contribution in [1.82, 2.24) is 24.4 Å². The van der Waals surface area contributed by atoms with Crippen LogP contribution in [0.15, 0.2) is 83.8 Å². The highest BCUT2D eigenvalue weighted by atomic mass is 32.1. The molecule has 0 unspecified atom stereocenters. The summed E-state index contributed by atoms with van der Waals surface area (Å²) in [5.74, 6) is 0.237. The zero-order valence-corrected chi connectivity index (χ0v) is 24.7. The Morgan fingerprint density at radius 3 is 2.38 bits per heavy atom. The predicted molar refractivity (Wildman–Crippen MR) is 165 cm³/mol. The number of halogens is 1. The van der Waals surface area contributed by atoms with Gasteiger partial charge in [-0.25, -0.2) is 9.07 Å². The fourth-order valence-electron chi connectivity index (χ4n) is 4.62. The molecule has 0 saturated carbocycles. The lowest BCUT2D eigenvalue weighted by atomic mass is 9.87. The Hall–Kier alpha value is -4.63. The van der Waals surface area contributed by atoms with Gasteiger partial charge in [0.2, 0.25) is 4.96 Å². The largest absolute Gasteiger partial charge is 0.491 e. The van der Waals surface area contributed by atoms with Crippen LogP contribution in [0.2, 0.25) is 0 Å². The number of aromatic nitrogens is 5. The molecule has 0 atom stereocenters. The first kappa shape index (κ1) is 27.5. The number of benzene rings is 3. The van der Waals surface area contributed by atoms with E-state index in [1.54, 1.807) is 22.9 Å². The summed E-state index contributed by atoms with van der Waals surface area (Å²) in [6.07, 6.45) is 4.38. The van der Waals surface area contributed by atoms with Crippen LogP contribution in [0, 0.1) is 5.82 Å². The number of fused-ring (bicyclic) bond motifs is 1. The molecule has 212 valence electrons. The minimum atomic E-state index is -0.465. The van der Waals surface area contributed by atoms with E-state index in [9.17, 15) is 9.18 Å². The Bertz CT molecular complexity index is 1990. The van der Waals surface area contributed by atoms with Crippen molar-refractivity contribution in [3.63, 3.8) is 0 Å². The highest BCUT2D eigenvalue weighted by Crippen LogP contribution is 2.29. The Labute approximate surface area is 246 Å². The normalized spacial score (nSPS) is 12.4. The van der Waals surface area contributed by atoms with Gasteiger partial charge >= 0.3 is 0 Å². The van der Waals surface area contributed by atoms with E-state index >= 15 is 0 Å². The lowest BCUT2D eigenvalue weighted by Crippen LogP contribution is -2.23. The first-order valence-corrected chi connectivity index (χ1v) is 14.6. The maximum Gasteiger partial charge on any atom is 0.291 e. The van der Waals surface area contributed by atoms with Crippen molar-refractivity contribution < 1.29 is 9.13 Å². The minimum absolute atomic E-state index is 0.0389. The van der Waals surface area contributed by atoms with Gasteiger partial charge < -0.3 is 4.74 Å². The SMILES string of the molecule is CCCOc1ccc(-c2nn(-c3ccccc3)cc2/C=c2\sc3nc(-c4ccc(C(C)(C)C)cc4)nn3c2=O)cc1F. The van der Waals surface area contributed by atoms with Crippen LogP contribution in [0.3, 0.4) is 0 Å².